The highest BCUT2D eigenvalue weighted by atomic mass is 19.1. The summed E-state index contributed by atoms with van der Waals surface area (Å²) in [6, 6.07) is 9.80. The minimum atomic E-state index is -0.736. The molecule has 0 aliphatic rings. The minimum absolute atomic E-state index is 0.121. The van der Waals surface area contributed by atoms with Crippen LogP contribution in [0.2, 0.25) is 0 Å². The summed E-state index contributed by atoms with van der Waals surface area (Å²) in [6.07, 6.45) is 0. The largest absolute Gasteiger partial charge is 0.462 e. The molecule has 2 rings (SSSR count). The Morgan fingerprint density at radius 1 is 0.931 bits per heavy atom. The van der Waals surface area contributed by atoms with Crippen LogP contribution in [0.1, 0.15) is 80.3 Å². The molecule has 5 heteroatoms. The quantitative estimate of drug-likeness (QED) is 0.656. The van der Waals surface area contributed by atoms with Crippen molar-refractivity contribution in [2.45, 2.75) is 59.3 Å². The van der Waals surface area contributed by atoms with Crippen molar-refractivity contribution in [1.82, 2.24) is 0 Å². The Labute approximate surface area is 172 Å². The van der Waals surface area contributed by atoms with E-state index in [0.717, 1.165) is 17.2 Å². The number of hydrogen-bond acceptors (Lipinski definition) is 3. The van der Waals surface area contributed by atoms with Crippen molar-refractivity contribution in [3.05, 3.63) is 64.5 Å². The fourth-order valence-electron chi connectivity index (χ4n) is 2.80. The Morgan fingerprint density at radius 2 is 1.48 bits per heavy atom. The van der Waals surface area contributed by atoms with Gasteiger partial charge in [-0.25, -0.2) is 9.18 Å². The van der Waals surface area contributed by atoms with Crippen LogP contribution in [-0.2, 0) is 15.6 Å². The highest BCUT2D eigenvalue weighted by Gasteiger charge is 2.22. The molecule has 2 aromatic carbocycles. The van der Waals surface area contributed by atoms with Crippen LogP contribution in [0.15, 0.2) is 36.4 Å². The smallest absolute Gasteiger partial charge is 0.341 e. The lowest BCUT2D eigenvalue weighted by atomic mass is 9.79. The van der Waals surface area contributed by atoms with Crippen LogP contribution >= 0.6 is 0 Å². The van der Waals surface area contributed by atoms with Crippen molar-refractivity contribution in [2.24, 2.45) is 0 Å². The van der Waals surface area contributed by atoms with Gasteiger partial charge in [-0.15, -0.1) is 0 Å². The average Bonchev–Trinajstić information content (AvgIpc) is 2.60. The van der Waals surface area contributed by atoms with Gasteiger partial charge in [0.2, 0.25) is 0 Å². The summed E-state index contributed by atoms with van der Waals surface area (Å²) < 4.78 is 19.1. The Morgan fingerprint density at radius 3 is 1.93 bits per heavy atom. The van der Waals surface area contributed by atoms with E-state index in [1.807, 2.05) is 12.1 Å². The van der Waals surface area contributed by atoms with Gasteiger partial charge >= 0.3 is 5.97 Å². The highest BCUT2D eigenvalue weighted by Crippen LogP contribution is 2.30. The van der Waals surface area contributed by atoms with E-state index >= 15 is 0 Å². The van der Waals surface area contributed by atoms with E-state index in [4.69, 9.17) is 4.74 Å². The van der Waals surface area contributed by atoms with Gasteiger partial charge in [0, 0.05) is 11.3 Å². The number of carbonyl (C=O) groups excluding carboxylic acids is 2. The maximum Gasteiger partial charge on any atom is 0.341 e. The van der Waals surface area contributed by atoms with Crippen LogP contribution in [0.4, 0.5) is 10.1 Å². The molecule has 0 bridgehead atoms. The maximum atomic E-state index is 14.3. The summed E-state index contributed by atoms with van der Waals surface area (Å²) in [7, 11) is 0. The van der Waals surface area contributed by atoms with Crippen LogP contribution in [0.25, 0.3) is 0 Å². The SMILES string of the molecule is CCOC(=O)c1ccc(NC(=O)c2cc(C(C)(C)C)cc(C(C)(C)C)c2)cc1F. The van der Waals surface area contributed by atoms with Crippen molar-refractivity contribution in [1.29, 1.82) is 0 Å². The molecule has 2 aromatic rings. The molecular formula is C24H30FNO3. The van der Waals surface area contributed by atoms with Crippen LogP contribution < -0.4 is 5.32 Å². The van der Waals surface area contributed by atoms with Gasteiger partial charge in [-0.1, -0.05) is 47.6 Å². The zero-order valence-corrected chi connectivity index (χ0v) is 18.3. The number of amides is 1. The Kier molecular flexibility index (Phi) is 6.51. The number of carbonyl (C=O) groups is 2. The van der Waals surface area contributed by atoms with E-state index in [1.165, 1.54) is 12.1 Å². The highest BCUT2D eigenvalue weighted by molar-refractivity contribution is 6.04. The first-order valence-electron chi connectivity index (χ1n) is 9.77. The van der Waals surface area contributed by atoms with Gasteiger partial charge < -0.3 is 10.1 Å². The third-order valence-corrected chi connectivity index (χ3v) is 4.65. The molecule has 156 valence electrons. The van der Waals surface area contributed by atoms with Crippen LogP contribution in [-0.4, -0.2) is 18.5 Å². The lowest BCUT2D eigenvalue weighted by Gasteiger charge is -2.26. The summed E-state index contributed by atoms with van der Waals surface area (Å²) in [6.45, 7) is 14.4. The summed E-state index contributed by atoms with van der Waals surface area (Å²) in [5.41, 5.74) is 2.50. The predicted octanol–water partition coefficient (Wildman–Crippen LogP) is 5.85. The van der Waals surface area contributed by atoms with Crippen LogP contribution in [0.3, 0.4) is 0 Å². The van der Waals surface area contributed by atoms with E-state index in [0.29, 0.717) is 5.56 Å². The molecule has 0 aromatic heterocycles. The predicted molar refractivity (Wildman–Crippen MR) is 114 cm³/mol. The number of esters is 1. The van der Waals surface area contributed by atoms with Crippen molar-refractivity contribution < 1.29 is 18.7 Å². The number of anilines is 1. The Bertz CT molecular complexity index is 888. The Balaban J connectivity index is 2.35. The van der Waals surface area contributed by atoms with Crippen molar-refractivity contribution >= 4 is 17.6 Å². The van der Waals surface area contributed by atoms with Crippen molar-refractivity contribution in [2.75, 3.05) is 11.9 Å². The fraction of sp³-hybridized carbons (Fsp3) is 0.417. The second kappa shape index (κ2) is 8.36. The fourth-order valence-corrected chi connectivity index (χ4v) is 2.80. The molecule has 0 fully saturated rings. The van der Waals surface area contributed by atoms with E-state index in [9.17, 15) is 14.0 Å². The van der Waals surface area contributed by atoms with Crippen LogP contribution in [0.5, 0.6) is 0 Å². The number of hydrogen-bond donors (Lipinski definition) is 1. The van der Waals surface area contributed by atoms with Gasteiger partial charge in [0.25, 0.3) is 5.91 Å². The van der Waals surface area contributed by atoms with Gasteiger partial charge in [0.05, 0.1) is 12.2 Å². The molecule has 0 aliphatic heterocycles. The first kappa shape index (κ1) is 22.6. The summed E-state index contributed by atoms with van der Waals surface area (Å²) >= 11 is 0. The molecule has 1 amide bonds. The van der Waals surface area contributed by atoms with Gasteiger partial charge in [0.1, 0.15) is 5.82 Å². The molecule has 0 aliphatic carbocycles. The molecule has 0 atom stereocenters. The maximum absolute atomic E-state index is 14.3. The lowest BCUT2D eigenvalue weighted by Crippen LogP contribution is -2.20. The number of benzene rings is 2. The summed E-state index contributed by atoms with van der Waals surface area (Å²) in [5.74, 6) is -1.79. The Hall–Kier alpha value is -2.69. The van der Waals surface area contributed by atoms with E-state index in [1.54, 1.807) is 6.92 Å². The first-order valence-corrected chi connectivity index (χ1v) is 9.77. The van der Waals surface area contributed by atoms with Crippen molar-refractivity contribution in [3.8, 4) is 0 Å². The van der Waals surface area contributed by atoms with Gasteiger partial charge in [-0.2, -0.15) is 0 Å². The molecule has 0 saturated carbocycles. The number of rotatable bonds is 4. The number of nitrogens with one attached hydrogen (secondary N) is 1. The summed E-state index contributed by atoms with van der Waals surface area (Å²) in [4.78, 5) is 24.6. The van der Waals surface area contributed by atoms with E-state index < -0.39 is 11.8 Å². The molecule has 0 radical (unpaired) electrons. The van der Waals surface area contributed by atoms with Crippen LogP contribution in [0, 0.1) is 5.82 Å². The number of halogens is 1. The van der Waals surface area contributed by atoms with Crippen molar-refractivity contribution in [3.63, 3.8) is 0 Å². The first-order chi connectivity index (χ1) is 13.3. The molecule has 0 heterocycles. The topological polar surface area (TPSA) is 55.4 Å². The molecular weight excluding hydrogens is 369 g/mol. The third kappa shape index (κ3) is 5.66. The third-order valence-electron chi connectivity index (χ3n) is 4.65. The molecule has 0 spiro atoms. The molecule has 29 heavy (non-hydrogen) atoms. The standard InChI is InChI=1S/C24H30FNO3/c1-8-29-22(28)19-10-9-18(14-20(19)25)26-21(27)15-11-16(23(2,3)4)13-17(12-15)24(5,6)7/h9-14H,8H2,1-7H3,(H,26,27). The molecule has 1 N–H and O–H groups in total. The monoisotopic (exact) mass is 399 g/mol. The lowest BCUT2D eigenvalue weighted by molar-refractivity contribution is 0.0521. The molecule has 4 nitrogen and oxygen atoms in total. The van der Waals surface area contributed by atoms with Gasteiger partial charge in [-0.3, -0.25) is 4.79 Å². The van der Waals surface area contributed by atoms with Gasteiger partial charge in [-0.05, 0) is 59.2 Å². The second-order valence-corrected chi connectivity index (χ2v) is 9.17. The second-order valence-electron chi connectivity index (χ2n) is 9.17. The van der Waals surface area contributed by atoms with E-state index in [-0.39, 0.29) is 34.6 Å². The average molecular weight is 400 g/mol. The number of ether oxygens (including phenoxy) is 1. The normalized spacial score (nSPS) is 11.9. The summed E-state index contributed by atoms with van der Waals surface area (Å²) in [5, 5.41) is 2.72. The van der Waals surface area contributed by atoms with Gasteiger partial charge in [0.15, 0.2) is 0 Å². The zero-order chi connectivity index (χ0) is 22.0. The zero-order valence-electron chi connectivity index (χ0n) is 18.3. The minimum Gasteiger partial charge on any atom is -0.462 e. The van der Waals surface area contributed by atoms with E-state index in [2.05, 4.69) is 52.9 Å². The molecule has 0 unspecified atom stereocenters. The molecule has 0 saturated heterocycles.